The van der Waals surface area contributed by atoms with Crippen LogP contribution in [-0.2, 0) is 17.9 Å². The molecular weight excluding hydrogens is 442 g/mol. The lowest BCUT2D eigenvalue weighted by Crippen LogP contribution is -2.42. The highest BCUT2D eigenvalue weighted by Crippen LogP contribution is 2.20. The first-order chi connectivity index (χ1) is 15.6. The van der Waals surface area contributed by atoms with Crippen molar-refractivity contribution >= 4 is 28.6 Å². The number of aryl methyl sites for hydroxylation is 2. The summed E-state index contributed by atoms with van der Waals surface area (Å²) in [5.41, 5.74) is 3.37. The number of aromatic nitrogens is 1. The van der Waals surface area contributed by atoms with E-state index in [4.69, 9.17) is 14.5 Å². The van der Waals surface area contributed by atoms with Gasteiger partial charge in [-0.3, -0.25) is 9.69 Å². The van der Waals surface area contributed by atoms with Gasteiger partial charge >= 0.3 is 0 Å². The first-order valence-corrected chi connectivity index (χ1v) is 12.6. The summed E-state index contributed by atoms with van der Waals surface area (Å²) in [6, 6.07) is 9.92. The maximum Gasteiger partial charge on any atom is 0.264 e. The van der Waals surface area contributed by atoms with Gasteiger partial charge in [0.25, 0.3) is 5.91 Å². The summed E-state index contributed by atoms with van der Waals surface area (Å²) in [5.74, 6) is 0.916. The quantitative estimate of drug-likeness (QED) is 0.464. The summed E-state index contributed by atoms with van der Waals surface area (Å²) < 4.78 is 11.4. The Morgan fingerprint density at radius 2 is 2.03 bits per heavy atom. The first-order valence-electron chi connectivity index (χ1n) is 10.8. The molecule has 0 spiro atoms. The van der Waals surface area contributed by atoms with E-state index in [1.54, 1.807) is 11.3 Å². The largest absolute Gasteiger partial charge is 0.486 e. The van der Waals surface area contributed by atoms with Crippen molar-refractivity contribution in [1.82, 2.24) is 14.8 Å². The van der Waals surface area contributed by atoms with Crippen molar-refractivity contribution in [3.63, 3.8) is 0 Å². The molecule has 0 saturated carbocycles. The van der Waals surface area contributed by atoms with Crippen LogP contribution in [0, 0.1) is 13.8 Å². The van der Waals surface area contributed by atoms with Gasteiger partial charge in [-0.25, -0.2) is 4.98 Å². The average molecular weight is 472 g/mol. The van der Waals surface area contributed by atoms with E-state index in [2.05, 4.69) is 30.9 Å². The van der Waals surface area contributed by atoms with Gasteiger partial charge in [0, 0.05) is 31.6 Å². The molecule has 0 atom stereocenters. The van der Waals surface area contributed by atoms with Crippen molar-refractivity contribution in [3.05, 3.63) is 67.8 Å². The number of thiophene rings is 1. The van der Waals surface area contributed by atoms with Gasteiger partial charge in [-0.05, 0) is 48.6 Å². The Kier molecular flexibility index (Phi) is 7.91. The summed E-state index contributed by atoms with van der Waals surface area (Å²) in [6.45, 7) is 9.96. The lowest BCUT2D eigenvalue weighted by molar-refractivity contribution is 0.0320. The number of thiazole rings is 1. The third-order valence-electron chi connectivity index (χ3n) is 5.60. The van der Waals surface area contributed by atoms with Crippen LogP contribution < -0.4 is 4.74 Å². The zero-order chi connectivity index (χ0) is 22.3. The lowest BCUT2D eigenvalue weighted by Gasteiger charge is -2.29. The predicted molar refractivity (Wildman–Crippen MR) is 129 cm³/mol. The molecule has 1 aliphatic rings. The number of hydrogen-bond donors (Lipinski definition) is 0. The Morgan fingerprint density at radius 1 is 1.19 bits per heavy atom. The van der Waals surface area contributed by atoms with E-state index in [1.165, 1.54) is 22.5 Å². The third-order valence-corrected chi connectivity index (χ3v) is 7.33. The molecule has 170 valence electrons. The molecule has 1 saturated heterocycles. The minimum atomic E-state index is 0.0641. The highest BCUT2D eigenvalue weighted by Gasteiger charge is 2.20. The first kappa shape index (κ1) is 22.9. The second kappa shape index (κ2) is 11.0. The van der Waals surface area contributed by atoms with Crippen LogP contribution in [0.1, 0.15) is 31.5 Å². The van der Waals surface area contributed by atoms with Crippen LogP contribution in [0.3, 0.4) is 0 Å². The SMILES string of the molecule is Cc1ccc(OCc2nc(CN(CCN3CCOCC3)C(=O)c3cccs3)cs2)cc1C. The topological polar surface area (TPSA) is 54.9 Å². The molecule has 1 fully saturated rings. The molecule has 0 unspecified atom stereocenters. The smallest absolute Gasteiger partial charge is 0.264 e. The number of amides is 1. The Morgan fingerprint density at radius 3 is 2.78 bits per heavy atom. The van der Waals surface area contributed by atoms with Gasteiger partial charge < -0.3 is 14.4 Å². The van der Waals surface area contributed by atoms with Gasteiger partial charge in [0.05, 0.1) is 30.3 Å². The van der Waals surface area contributed by atoms with Crippen molar-refractivity contribution in [2.45, 2.75) is 27.0 Å². The van der Waals surface area contributed by atoms with Crippen molar-refractivity contribution in [2.24, 2.45) is 0 Å². The summed E-state index contributed by atoms with van der Waals surface area (Å²) in [5, 5.41) is 4.89. The second-order valence-corrected chi connectivity index (χ2v) is 9.82. The summed E-state index contributed by atoms with van der Waals surface area (Å²) in [4.78, 5) is 22.9. The minimum absolute atomic E-state index is 0.0641. The molecule has 0 bridgehead atoms. The molecule has 2 aromatic heterocycles. The molecule has 1 aromatic carbocycles. The van der Waals surface area contributed by atoms with E-state index < -0.39 is 0 Å². The molecule has 8 heteroatoms. The average Bonchev–Trinajstić information content (AvgIpc) is 3.50. The maximum atomic E-state index is 13.1. The number of benzene rings is 1. The van der Waals surface area contributed by atoms with Gasteiger partial charge in [-0.2, -0.15) is 0 Å². The Balaban J connectivity index is 1.38. The van der Waals surface area contributed by atoms with Crippen LogP contribution in [0.25, 0.3) is 0 Å². The molecule has 0 radical (unpaired) electrons. The molecule has 4 rings (SSSR count). The zero-order valence-electron chi connectivity index (χ0n) is 18.6. The van der Waals surface area contributed by atoms with E-state index in [9.17, 15) is 4.79 Å². The van der Waals surface area contributed by atoms with E-state index in [-0.39, 0.29) is 5.91 Å². The Labute approximate surface area is 197 Å². The number of hydrogen-bond acceptors (Lipinski definition) is 7. The van der Waals surface area contributed by atoms with Crippen LogP contribution >= 0.6 is 22.7 Å². The molecule has 0 N–H and O–H groups in total. The number of morpholine rings is 1. The fraction of sp³-hybridized carbons (Fsp3) is 0.417. The lowest BCUT2D eigenvalue weighted by atomic mass is 10.1. The van der Waals surface area contributed by atoms with Crippen LogP contribution in [-0.4, -0.2) is 60.1 Å². The normalized spacial score (nSPS) is 14.4. The molecule has 1 amide bonds. The van der Waals surface area contributed by atoms with Crippen LogP contribution in [0.15, 0.2) is 41.1 Å². The van der Waals surface area contributed by atoms with E-state index >= 15 is 0 Å². The molecule has 32 heavy (non-hydrogen) atoms. The highest BCUT2D eigenvalue weighted by molar-refractivity contribution is 7.12. The van der Waals surface area contributed by atoms with Crippen LogP contribution in [0.4, 0.5) is 0 Å². The standard InChI is InChI=1S/C24H29N3O3S2/c1-18-5-6-21(14-19(18)2)30-16-23-25-20(17-32-23)15-27(24(28)22-4-3-13-31-22)8-7-26-9-11-29-12-10-26/h3-6,13-14,17H,7-12,15-16H2,1-2H3. The van der Waals surface area contributed by atoms with Gasteiger partial charge in [-0.1, -0.05) is 12.1 Å². The minimum Gasteiger partial charge on any atom is -0.486 e. The number of carbonyl (C=O) groups is 1. The number of nitrogens with zero attached hydrogens (tertiary/aromatic N) is 3. The van der Waals surface area contributed by atoms with Crippen molar-refractivity contribution in [3.8, 4) is 5.75 Å². The molecule has 1 aliphatic heterocycles. The summed E-state index contributed by atoms with van der Waals surface area (Å²) in [6.07, 6.45) is 0. The molecule has 3 heterocycles. The fourth-order valence-electron chi connectivity index (χ4n) is 3.53. The maximum absolute atomic E-state index is 13.1. The second-order valence-electron chi connectivity index (χ2n) is 7.93. The monoisotopic (exact) mass is 471 g/mol. The number of rotatable bonds is 9. The summed E-state index contributed by atoms with van der Waals surface area (Å²) >= 11 is 3.06. The molecule has 6 nitrogen and oxygen atoms in total. The zero-order valence-corrected chi connectivity index (χ0v) is 20.2. The Hall–Kier alpha value is -2.26. The molecular formula is C24H29N3O3S2. The number of ether oxygens (including phenoxy) is 2. The van der Waals surface area contributed by atoms with E-state index in [1.807, 2.05) is 33.9 Å². The van der Waals surface area contributed by atoms with E-state index in [0.29, 0.717) is 19.7 Å². The van der Waals surface area contributed by atoms with E-state index in [0.717, 1.165) is 54.2 Å². The van der Waals surface area contributed by atoms with Gasteiger partial charge in [0.2, 0.25) is 0 Å². The highest BCUT2D eigenvalue weighted by atomic mass is 32.1. The number of carbonyl (C=O) groups excluding carboxylic acids is 1. The Bertz CT molecular complexity index is 1010. The van der Waals surface area contributed by atoms with Gasteiger partial charge in [-0.15, -0.1) is 22.7 Å². The van der Waals surface area contributed by atoms with Gasteiger partial charge in [0.15, 0.2) is 0 Å². The third kappa shape index (κ3) is 6.16. The molecule has 3 aromatic rings. The van der Waals surface area contributed by atoms with Crippen LogP contribution in [0.2, 0.25) is 0 Å². The van der Waals surface area contributed by atoms with Gasteiger partial charge in [0.1, 0.15) is 17.4 Å². The van der Waals surface area contributed by atoms with Crippen LogP contribution in [0.5, 0.6) is 5.75 Å². The predicted octanol–water partition coefficient (Wildman–Crippen LogP) is 4.38. The fourth-order valence-corrected chi connectivity index (χ4v) is 4.91. The van der Waals surface area contributed by atoms with Crippen molar-refractivity contribution < 1.29 is 14.3 Å². The van der Waals surface area contributed by atoms with Crippen molar-refractivity contribution in [2.75, 3.05) is 39.4 Å². The molecule has 0 aliphatic carbocycles. The van der Waals surface area contributed by atoms with Crippen molar-refractivity contribution in [1.29, 1.82) is 0 Å². The summed E-state index contributed by atoms with van der Waals surface area (Å²) in [7, 11) is 0.